The molecule has 2 nitrogen and oxygen atoms in total. The van der Waals surface area contributed by atoms with E-state index >= 15 is 0 Å². The summed E-state index contributed by atoms with van der Waals surface area (Å²) in [5, 5.41) is 0. The molecule has 1 unspecified atom stereocenters. The van der Waals surface area contributed by atoms with Crippen LogP contribution in [0, 0.1) is 0 Å². The number of anilines is 1. The third kappa shape index (κ3) is 2.71. The predicted molar refractivity (Wildman–Crippen MR) is 86.8 cm³/mol. The number of fused-ring (bicyclic) bond motifs is 1. The van der Waals surface area contributed by atoms with Crippen molar-refractivity contribution in [1.82, 2.24) is 0 Å². The molecule has 1 aliphatic heterocycles. The van der Waals surface area contributed by atoms with Gasteiger partial charge in [-0.15, -0.1) is 0 Å². The van der Waals surface area contributed by atoms with E-state index in [0.717, 1.165) is 37.8 Å². The fourth-order valence-corrected chi connectivity index (χ4v) is 3.19. The van der Waals surface area contributed by atoms with Gasteiger partial charge in [-0.2, -0.15) is 0 Å². The maximum absolute atomic E-state index is 11.8. The Balaban J connectivity index is 1.91. The maximum atomic E-state index is 11.8. The van der Waals surface area contributed by atoms with Crippen molar-refractivity contribution in [3.63, 3.8) is 0 Å². The summed E-state index contributed by atoms with van der Waals surface area (Å²) in [4.78, 5) is 14.1. The number of aryl methyl sites for hydroxylation is 1. The zero-order chi connectivity index (χ0) is 14.7. The SMILES string of the molecule is CC(C=O)(CN1CCCc2ccccc21)c1ccccc1. The van der Waals surface area contributed by atoms with Crippen molar-refractivity contribution >= 4 is 12.0 Å². The van der Waals surface area contributed by atoms with Gasteiger partial charge in [-0.1, -0.05) is 48.5 Å². The number of carbonyl (C=O) groups is 1. The molecule has 1 aliphatic rings. The highest BCUT2D eigenvalue weighted by molar-refractivity contribution is 5.70. The third-order valence-corrected chi connectivity index (χ3v) is 4.42. The van der Waals surface area contributed by atoms with E-state index in [1.165, 1.54) is 11.3 Å². The van der Waals surface area contributed by atoms with Gasteiger partial charge in [-0.3, -0.25) is 0 Å². The van der Waals surface area contributed by atoms with E-state index in [9.17, 15) is 4.79 Å². The normalized spacial score (nSPS) is 16.9. The van der Waals surface area contributed by atoms with Crippen LogP contribution in [0.5, 0.6) is 0 Å². The highest BCUT2D eigenvalue weighted by Gasteiger charge is 2.30. The molecule has 0 aromatic heterocycles. The molecular weight excluding hydrogens is 258 g/mol. The van der Waals surface area contributed by atoms with Gasteiger partial charge in [0.1, 0.15) is 6.29 Å². The minimum atomic E-state index is -0.467. The molecule has 2 aromatic rings. The van der Waals surface area contributed by atoms with Crippen LogP contribution in [0.1, 0.15) is 24.5 Å². The fraction of sp³-hybridized carbons (Fsp3) is 0.316. The fourth-order valence-electron chi connectivity index (χ4n) is 3.19. The lowest BCUT2D eigenvalue weighted by atomic mass is 9.82. The molecule has 2 heteroatoms. The molecule has 1 atom stereocenters. The van der Waals surface area contributed by atoms with Crippen molar-refractivity contribution in [2.75, 3.05) is 18.0 Å². The summed E-state index contributed by atoms with van der Waals surface area (Å²) in [5.74, 6) is 0. The van der Waals surface area contributed by atoms with Crippen LogP contribution in [0.25, 0.3) is 0 Å². The second-order valence-corrected chi connectivity index (χ2v) is 6.06. The van der Waals surface area contributed by atoms with Crippen LogP contribution < -0.4 is 4.90 Å². The van der Waals surface area contributed by atoms with Crippen LogP contribution in [-0.2, 0) is 16.6 Å². The van der Waals surface area contributed by atoms with Crippen molar-refractivity contribution in [2.45, 2.75) is 25.2 Å². The number of nitrogens with zero attached hydrogens (tertiary/aromatic N) is 1. The summed E-state index contributed by atoms with van der Waals surface area (Å²) in [6.07, 6.45) is 3.39. The number of aldehydes is 1. The molecule has 3 rings (SSSR count). The first-order valence-electron chi connectivity index (χ1n) is 7.58. The van der Waals surface area contributed by atoms with Crippen LogP contribution in [-0.4, -0.2) is 19.4 Å². The number of rotatable bonds is 4. The van der Waals surface area contributed by atoms with E-state index in [2.05, 4.69) is 29.2 Å². The van der Waals surface area contributed by atoms with Gasteiger partial charge >= 0.3 is 0 Å². The van der Waals surface area contributed by atoms with Gasteiger partial charge in [-0.05, 0) is 37.0 Å². The average Bonchev–Trinajstić information content (AvgIpc) is 2.56. The summed E-state index contributed by atoms with van der Waals surface area (Å²) < 4.78 is 0. The predicted octanol–water partition coefficient (Wildman–Crippen LogP) is 3.60. The zero-order valence-corrected chi connectivity index (χ0v) is 12.5. The van der Waals surface area contributed by atoms with Gasteiger partial charge in [0.05, 0.1) is 5.41 Å². The van der Waals surface area contributed by atoms with Crippen molar-refractivity contribution in [3.8, 4) is 0 Å². The van der Waals surface area contributed by atoms with Crippen molar-refractivity contribution in [3.05, 3.63) is 65.7 Å². The number of carbonyl (C=O) groups excluding carboxylic acids is 1. The Morgan fingerprint density at radius 3 is 2.57 bits per heavy atom. The number of hydrogen-bond acceptors (Lipinski definition) is 2. The molecule has 21 heavy (non-hydrogen) atoms. The van der Waals surface area contributed by atoms with E-state index in [0.29, 0.717) is 0 Å². The maximum Gasteiger partial charge on any atom is 0.132 e. The van der Waals surface area contributed by atoms with Crippen LogP contribution >= 0.6 is 0 Å². The third-order valence-electron chi connectivity index (χ3n) is 4.42. The van der Waals surface area contributed by atoms with E-state index in [1.807, 2.05) is 37.3 Å². The Morgan fingerprint density at radius 1 is 1.10 bits per heavy atom. The minimum Gasteiger partial charge on any atom is -0.370 e. The van der Waals surface area contributed by atoms with Gasteiger partial charge in [0, 0.05) is 18.8 Å². The molecular formula is C19H21NO. The number of hydrogen-bond donors (Lipinski definition) is 0. The van der Waals surface area contributed by atoms with E-state index in [-0.39, 0.29) is 0 Å². The second-order valence-electron chi connectivity index (χ2n) is 6.06. The highest BCUT2D eigenvalue weighted by Crippen LogP contribution is 2.31. The first-order chi connectivity index (χ1) is 10.2. The van der Waals surface area contributed by atoms with Crippen LogP contribution in [0.3, 0.4) is 0 Å². The van der Waals surface area contributed by atoms with Crippen molar-refractivity contribution < 1.29 is 4.79 Å². The van der Waals surface area contributed by atoms with E-state index in [4.69, 9.17) is 0 Å². The summed E-state index contributed by atoms with van der Waals surface area (Å²) in [7, 11) is 0. The lowest BCUT2D eigenvalue weighted by Crippen LogP contribution is -2.42. The van der Waals surface area contributed by atoms with E-state index in [1.54, 1.807) is 0 Å². The second kappa shape index (κ2) is 5.72. The molecule has 0 aliphatic carbocycles. The Labute approximate surface area is 126 Å². The molecule has 2 aromatic carbocycles. The van der Waals surface area contributed by atoms with Crippen molar-refractivity contribution in [2.24, 2.45) is 0 Å². The standard InChI is InChI=1S/C19H21NO/c1-19(15-21,17-10-3-2-4-11-17)14-20-13-7-9-16-8-5-6-12-18(16)20/h2-6,8,10-12,15H,7,9,13-14H2,1H3. The first-order valence-corrected chi connectivity index (χ1v) is 7.58. The Bertz CT molecular complexity index is 622. The largest absolute Gasteiger partial charge is 0.370 e. The molecule has 1 heterocycles. The number of para-hydroxylation sites is 1. The molecule has 0 amide bonds. The minimum absolute atomic E-state index is 0.467. The molecule has 0 fully saturated rings. The van der Waals surface area contributed by atoms with Gasteiger partial charge in [0.15, 0.2) is 0 Å². The quantitative estimate of drug-likeness (QED) is 0.797. The highest BCUT2D eigenvalue weighted by atomic mass is 16.1. The Hall–Kier alpha value is -2.09. The average molecular weight is 279 g/mol. The lowest BCUT2D eigenvalue weighted by Gasteiger charge is -2.37. The van der Waals surface area contributed by atoms with Crippen molar-refractivity contribution in [1.29, 1.82) is 0 Å². The van der Waals surface area contributed by atoms with Crippen LogP contribution in [0.4, 0.5) is 5.69 Å². The Kier molecular flexibility index (Phi) is 3.78. The topological polar surface area (TPSA) is 20.3 Å². The van der Waals surface area contributed by atoms with Gasteiger partial charge in [0.2, 0.25) is 0 Å². The molecule has 0 bridgehead atoms. The van der Waals surface area contributed by atoms with Gasteiger partial charge in [0.25, 0.3) is 0 Å². The Morgan fingerprint density at radius 2 is 1.81 bits per heavy atom. The molecule has 0 saturated heterocycles. The zero-order valence-electron chi connectivity index (χ0n) is 12.5. The van der Waals surface area contributed by atoms with E-state index < -0.39 is 5.41 Å². The van der Waals surface area contributed by atoms with Crippen LogP contribution in [0.2, 0.25) is 0 Å². The summed E-state index contributed by atoms with van der Waals surface area (Å²) >= 11 is 0. The molecule has 108 valence electrons. The summed E-state index contributed by atoms with van der Waals surface area (Å²) in [6.45, 7) is 3.79. The van der Waals surface area contributed by atoms with Crippen LogP contribution in [0.15, 0.2) is 54.6 Å². The smallest absolute Gasteiger partial charge is 0.132 e. The monoisotopic (exact) mass is 279 g/mol. The first kappa shape index (κ1) is 13.9. The summed E-state index contributed by atoms with van der Waals surface area (Å²) in [6, 6.07) is 18.6. The van der Waals surface area contributed by atoms with Gasteiger partial charge < -0.3 is 9.69 Å². The summed E-state index contributed by atoms with van der Waals surface area (Å²) in [5.41, 5.74) is 3.30. The number of benzene rings is 2. The molecule has 0 spiro atoms. The lowest BCUT2D eigenvalue weighted by molar-refractivity contribution is -0.111. The molecule has 0 N–H and O–H groups in total. The van der Waals surface area contributed by atoms with Gasteiger partial charge in [-0.25, -0.2) is 0 Å². The molecule has 0 radical (unpaired) electrons. The molecule has 0 saturated carbocycles.